The molecule has 0 N–H and O–H groups in total. The topological polar surface area (TPSA) is 0 Å². The predicted octanol–water partition coefficient (Wildman–Crippen LogP) is 3.06. The van der Waals surface area contributed by atoms with E-state index in [0.717, 1.165) is 12.8 Å². The SMILES string of the molecule is CCc1c[c-]ccc1CC.[CH3-].[Y]. The Labute approximate surface area is 102 Å². The van der Waals surface area contributed by atoms with Crippen molar-refractivity contribution in [2.75, 3.05) is 0 Å². The van der Waals surface area contributed by atoms with Crippen molar-refractivity contribution in [1.29, 1.82) is 0 Å². The van der Waals surface area contributed by atoms with Crippen LogP contribution in [0.1, 0.15) is 25.0 Å². The monoisotopic (exact) mass is 237 g/mol. The van der Waals surface area contributed by atoms with E-state index in [-0.39, 0.29) is 40.1 Å². The zero-order valence-corrected chi connectivity index (χ0v) is 11.1. The molecule has 1 aromatic carbocycles. The Hall–Kier alpha value is 0.324. The smallest absolute Gasteiger partial charge is 0 e. The molecule has 0 unspecified atom stereocenters. The first-order chi connectivity index (χ1) is 4.88. The molecular formula is C11H16Y-2. The van der Waals surface area contributed by atoms with Crippen LogP contribution in [-0.2, 0) is 45.6 Å². The van der Waals surface area contributed by atoms with Gasteiger partial charge in [0, 0.05) is 32.7 Å². The van der Waals surface area contributed by atoms with Gasteiger partial charge in [-0.15, -0.1) is 0 Å². The fourth-order valence-corrected chi connectivity index (χ4v) is 1.17. The maximum atomic E-state index is 3.09. The largest absolute Gasteiger partial charge is 0.358 e. The van der Waals surface area contributed by atoms with Crippen LogP contribution in [-0.4, -0.2) is 0 Å². The van der Waals surface area contributed by atoms with Crippen LogP contribution in [0.3, 0.4) is 0 Å². The standard InChI is InChI=1S/C10H13.CH3.Y/c1-3-9-7-5-6-8-10(9)4-2;;/h5,7-8H,3-4H2,1-2H3;1H3;/q2*-1;. The molecular weight excluding hydrogens is 221 g/mol. The minimum atomic E-state index is 0. The van der Waals surface area contributed by atoms with Crippen molar-refractivity contribution in [2.45, 2.75) is 26.7 Å². The number of rotatable bonds is 2. The van der Waals surface area contributed by atoms with Gasteiger partial charge in [-0.25, -0.2) is 0 Å². The fraction of sp³-hybridized carbons (Fsp3) is 0.364. The van der Waals surface area contributed by atoms with E-state index >= 15 is 0 Å². The van der Waals surface area contributed by atoms with E-state index in [1.807, 2.05) is 6.07 Å². The Kier molecular flexibility index (Phi) is 9.82. The minimum Gasteiger partial charge on any atom is -0.358 e. The van der Waals surface area contributed by atoms with Crippen molar-refractivity contribution in [3.05, 3.63) is 42.8 Å². The minimum absolute atomic E-state index is 0. The molecule has 1 aromatic rings. The Morgan fingerprint density at radius 1 is 1.17 bits per heavy atom. The van der Waals surface area contributed by atoms with Gasteiger partial charge < -0.3 is 7.43 Å². The number of aryl methyl sites for hydroxylation is 2. The molecule has 0 nitrogen and oxygen atoms in total. The first-order valence-electron chi connectivity index (χ1n) is 3.86. The van der Waals surface area contributed by atoms with Crippen molar-refractivity contribution in [3.63, 3.8) is 0 Å². The van der Waals surface area contributed by atoms with E-state index in [9.17, 15) is 0 Å². The zero-order chi connectivity index (χ0) is 7.40. The molecule has 1 heteroatoms. The molecule has 0 aromatic heterocycles. The summed E-state index contributed by atoms with van der Waals surface area (Å²) in [7, 11) is 0. The quantitative estimate of drug-likeness (QED) is 0.693. The fourth-order valence-electron chi connectivity index (χ4n) is 1.17. The molecule has 0 bridgehead atoms. The Morgan fingerprint density at radius 3 is 2.17 bits per heavy atom. The predicted molar refractivity (Wildman–Crippen MR) is 50.4 cm³/mol. The molecule has 1 radical (unpaired) electrons. The Balaban J connectivity index is 0. The molecule has 65 valence electrons. The van der Waals surface area contributed by atoms with Crippen LogP contribution >= 0.6 is 0 Å². The van der Waals surface area contributed by atoms with E-state index in [2.05, 4.69) is 32.0 Å². The van der Waals surface area contributed by atoms with Gasteiger partial charge in [-0.1, -0.05) is 26.7 Å². The molecule has 0 aliphatic rings. The molecule has 12 heavy (non-hydrogen) atoms. The normalized spacial score (nSPS) is 8.17. The second-order valence-electron chi connectivity index (χ2n) is 2.40. The van der Waals surface area contributed by atoms with E-state index in [4.69, 9.17) is 0 Å². The summed E-state index contributed by atoms with van der Waals surface area (Å²) in [6.45, 7) is 4.37. The van der Waals surface area contributed by atoms with Gasteiger partial charge in [0.15, 0.2) is 0 Å². The molecule has 0 aliphatic heterocycles. The molecule has 0 aliphatic carbocycles. The van der Waals surface area contributed by atoms with Crippen LogP contribution in [0.4, 0.5) is 0 Å². The van der Waals surface area contributed by atoms with Crippen molar-refractivity contribution < 1.29 is 32.7 Å². The van der Waals surface area contributed by atoms with Crippen LogP contribution < -0.4 is 0 Å². The van der Waals surface area contributed by atoms with Crippen LogP contribution in [0.2, 0.25) is 0 Å². The van der Waals surface area contributed by atoms with E-state index in [1.54, 1.807) is 0 Å². The van der Waals surface area contributed by atoms with Gasteiger partial charge in [-0.05, 0) is 0 Å². The van der Waals surface area contributed by atoms with Crippen molar-refractivity contribution >= 4 is 0 Å². The van der Waals surface area contributed by atoms with Gasteiger partial charge in [0.1, 0.15) is 0 Å². The Morgan fingerprint density at radius 2 is 1.75 bits per heavy atom. The van der Waals surface area contributed by atoms with Crippen LogP contribution in [0, 0.1) is 13.5 Å². The third-order valence-corrected chi connectivity index (χ3v) is 1.81. The first-order valence-corrected chi connectivity index (χ1v) is 3.86. The maximum absolute atomic E-state index is 3.09. The molecule has 1 rings (SSSR count). The van der Waals surface area contributed by atoms with Gasteiger partial charge in [-0.3, -0.25) is 0 Å². The van der Waals surface area contributed by atoms with E-state index in [0.29, 0.717) is 0 Å². The van der Waals surface area contributed by atoms with Crippen molar-refractivity contribution in [3.8, 4) is 0 Å². The van der Waals surface area contributed by atoms with Gasteiger partial charge in [0.2, 0.25) is 0 Å². The second-order valence-corrected chi connectivity index (χ2v) is 2.40. The van der Waals surface area contributed by atoms with Gasteiger partial charge >= 0.3 is 0 Å². The average Bonchev–Trinajstić information content (AvgIpc) is 2.04. The molecule has 0 saturated heterocycles. The summed E-state index contributed by atoms with van der Waals surface area (Å²) in [6, 6.07) is 9.30. The second kappa shape index (κ2) is 7.95. The van der Waals surface area contributed by atoms with Gasteiger partial charge in [0.25, 0.3) is 0 Å². The summed E-state index contributed by atoms with van der Waals surface area (Å²) in [5.41, 5.74) is 2.89. The van der Waals surface area contributed by atoms with Gasteiger partial charge in [-0.2, -0.15) is 35.4 Å². The first kappa shape index (κ1) is 14.8. The summed E-state index contributed by atoms with van der Waals surface area (Å²) in [5.74, 6) is 0. The summed E-state index contributed by atoms with van der Waals surface area (Å²) in [4.78, 5) is 0. The summed E-state index contributed by atoms with van der Waals surface area (Å²) in [5, 5.41) is 0. The van der Waals surface area contributed by atoms with Gasteiger partial charge in [0.05, 0.1) is 0 Å². The zero-order valence-electron chi connectivity index (χ0n) is 8.22. The average molecular weight is 237 g/mol. The third kappa shape index (κ3) is 3.82. The maximum Gasteiger partial charge on any atom is 0 e. The van der Waals surface area contributed by atoms with Crippen LogP contribution in [0.5, 0.6) is 0 Å². The number of hydrogen-bond acceptors (Lipinski definition) is 0. The van der Waals surface area contributed by atoms with Crippen LogP contribution in [0.15, 0.2) is 18.2 Å². The third-order valence-electron chi connectivity index (χ3n) is 1.81. The van der Waals surface area contributed by atoms with Crippen LogP contribution in [0.25, 0.3) is 0 Å². The Bertz CT molecular complexity index is 183. The summed E-state index contributed by atoms with van der Waals surface area (Å²) in [6.07, 6.45) is 2.26. The molecule has 0 fully saturated rings. The summed E-state index contributed by atoms with van der Waals surface area (Å²) < 4.78 is 0. The number of benzene rings is 1. The molecule has 0 atom stereocenters. The molecule has 0 spiro atoms. The molecule has 0 heterocycles. The van der Waals surface area contributed by atoms with Crippen molar-refractivity contribution in [2.24, 2.45) is 0 Å². The summed E-state index contributed by atoms with van der Waals surface area (Å²) >= 11 is 0. The van der Waals surface area contributed by atoms with Crippen molar-refractivity contribution in [1.82, 2.24) is 0 Å². The number of hydrogen-bond donors (Lipinski definition) is 0. The van der Waals surface area contributed by atoms with E-state index in [1.165, 1.54) is 11.1 Å². The van der Waals surface area contributed by atoms with E-state index < -0.39 is 0 Å². The molecule has 0 amide bonds. The molecule has 0 saturated carbocycles.